The Morgan fingerprint density at radius 3 is 2.18 bits per heavy atom. The molecule has 2 nitrogen and oxygen atoms in total. The van der Waals surface area contributed by atoms with Crippen LogP contribution in [0.5, 0.6) is 0 Å². The van der Waals surface area contributed by atoms with Crippen LogP contribution >= 0.6 is 0 Å². The van der Waals surface area contributed by atoms with Crippen LogP contribution in [0.2, 0.25) is 0 Å². The zero-order valence-electron chi connectivity index (χ0n) is 12.1. The van der Waals surface area contributed by atoms with E-state index in [2.05, 4.69) is 50.3 Å². The average Bonchev–Trinajstić information content (AvgIpc) is 2.23. The second kappa shape index (κ2) is 6.43. The monoisotopic (exact) mass is 234 g/mol. The first kappa shape index (κ1) is 15.7. The van der Waals surface area contributed by atoms with Crippen molar-refractivity contribution >= 4 is 6.21 Å². The van der Waals surface area contributed by atoms with Gasteiger partial charge >= 0.3 is 0 Å². The minimum Gasteiger partial charge on any atom is -0.379 e. The van der Waals surface area contributed by atoms with Crippen LogP contribution in [0, 0.1) is 5.92 Å². The van der Waals surface area contributed by atoms with Crippen molar-refractivity contribution in [2.75, 3.05) is 7.05 Å². The van der Waals surface area contributed by atoms with Crippen molar-refractivity contribution in [2.45, 2.75) is 40.2 Å². The summed E-state index contributed by atoms with van der Waals surface area (Å²) in [5, 5.41) is 3.46. The third-order valence-corrected chi connectivity index (χ3v) is 3.26. The first-order chi connectivity index (χ1) is 7.79. The highest BCUT2D eigenvalue weighted by Crippen LogP contribution is 2.30. The second-order valence-electron chi connectivity index (χ2n) is 4.81. The summed E-state index contributed by atoms with van der Waals surface area (Å²) in [6.07, 6.45) is 3.98. The molecule has 0 aliphatic rings. The summed E-state index contributed by atoms with van der Waals surface area (Å²) in [6.45, 7) is 18.4. The number of aliphatic imine (C=N–C) groups is 1. The molecule has 0 aliphatic heterocycles. The lowest BCUT2D eigenvalue weighted by Crippen LogP contribution is -2.49. The van der Waals surface area contributed by atoms with E-state index in [0.29, 0.717) is 5.92 Å². The smallest absolute Gasteiger partial charge is 0.0667 e. The number of rotatable bonds is 6. The maximum absolute atomic E-state index is 4.13. The lowest BCUT2D eigenvalue weighted by Gasteiger charge is -2.39. The number of nitrogens with zero attached hydrogens (tertiary/aromatic N) is 1. The van der Waals surface area contributed by atoms with E-state index in [9.17, 15) is 0 Å². The van der Waals surface area contributed by atoms with Crippen LogP contribution in [0.1, 0.15) is 34.6 Å². The van der Waals surface area contributed by atoms with Gasteiger partial charge in [-0.05, 0) is 33.3 Å². The molecule has 17 heavy (non-hydrogen) atoms. The molecule has 0 heterocycles. The molecule has 0 aliphatic carbocycles. The van der Waals surface area contributed by atoms with Crippen molar-refractivity contribution in [3.8, 4) is 0 Å². The van der Waals surface area contributed by atoms with E-state index >= 15 is 0 Å². The number of allylic oxidation sites excluding steroid dienone is 2. The molecule has 0 spiro atoms. The van der Waals surface area contributed by atoms with Crippen molar-refractivity contribution < 1.29 is 0 Å². The summed E-state index contributed by atoms with van der Waals surface area (Å²) in [5.41, 5.74) is 3.03. The standard InChI is InChI=1S/C15H26N2/c1-9-14(10-16-8)15(7,17-12(4)5)13(6)11(2)3/h9-10,13,17H,2,4H2,1,3,5-8H3/b14-9+,16-10?/t13?,15-/m0/s1. The van der Waals surface area contributed by atoms with Crippen molar-refractivity contribution in [1.29, 1.82) is 0 Å². The summed E-state index contributed by atoms with van der Waals surface area (Å²) < 4.78 is 0. The fraction of sp³-hybridized carbons (Fsp3) is 0.533. The molecule has 0 aromatic carbocycles. The highest BCUT2D eigenvalue weighted by atomic mass is 15.0. The molecule has 0 rings (SSSR count). The molecule has 0 amide bonds. The Balaban J connectivity index is 5.51. The minimum absolute atomic E-state index is 0.216. The minimum atomic E-state index is -0.216. The van der Waals surface area contributed by atoms with Crippen LogP contribution in [-0.4, -0.2) is 18.8 Å². The van der Waals surface area contributed by atoms with E-state index in [4.69, 9.17) is 0 Å². The van der Waals surface area contributed by atoms with Crippen molar-refractivity contribution in [1.82, 2.24) is 5.32 Å². The predicted octanol–water partition coefficient (Wildman–Crippen LogP) is 3.73. The third-order valence-electron chi connectivity index (χ3n) is 3.26. The number of nitrogens with one attached hydrogen (secondary N) is 1. The molecule has 0 fully saturated rings. The Morgan fingerprint density at radius 2 is 1.88 bits per heavy atom. The fourth-order valence-electron chi connectivity index (χ4n) is 2.01. The van der Waals surface area contributed by atoms with Crippen molar-refractivity contribution in [3.63, 3.8) is 0 Å². The van der Waals surface area contributed by atoms with Crippen LogP contribution in [0.4, 0.5) is 0 Å². The molecule has 0 saturated carbocycles. The van der Waals surface area contributed by atoms with Gasteiger partial charge in [-0.15, -0.1) is 0 Å². The van der Waals surface area contributed by atoms with Gasteiger partial charge < -0.3 is 5.32 Å². The highest BCUT2D eigenvalue weighted by Gasteiger charge is 2.34. The van der Waals surface area contributed by atoms with Gasteiger partial charge in [0.05, 0.1) is 5.54 Å². The molecular weight excluding hydrogens is 208 g/mol. The van der Waals surface area contributed by atoms with Gasteiger partial charge in [-0.25, -0.2) is 0 Å². The molecule has 2 atom stereocenters. The average molecular weight is 234 g/mol. The molecule has 96 valence electrons. The number of hydrogen-bond acceptors (Lipinski definition) is 2. The largest absolute Gasteiger partial charge is 0.379 e. The Kier molecular flexibility index (Phi) is 5.94. The predicted molar refractivity (Wildman–Crippen MR) is 78.5 cm³/mol. The van der Waals surface area contributed by atoms with E-state index in [1.807, 2.05) is 20.1 Å². The summed E-state index contributed by atoms with van der Waals surface area (Å²) in [6, 6.07) is 0. The Bertz CT molecular complexity index is 350. The van der Waals surface area contributed by atoms with Crippen LogP contribution in [-0.2, 0) is 0 Å². The van der Waals surface area contributed by atoms with Crippen molar-refractivity contribution in [3.05, 3.63) is 36.1 Å². The van der Waals surface area contributed by atoms with Crippen LogP contribution in [0.3, 0.4) is 0 Å². The lowest BCUT2D eigenvalue weighted by atomic mass is 9.77. The molecule has 0 aromatic heterocycles. The Morgan fingerprint density at radius 1 is 1.35 bits per heavy atom. The zero-order chi connectivity index (χ0) is 13.6. The van der Waals surface area contributed by atoms with E-state index in [1.165, 1.54) is 0 Å². The van der Waals surface area contributed by atoms with E-state index < -0.39 is 0 Å². The van der Waals surface area contributed by atoms with Crippen LogP contribution in [0.15, 0.2) is 41.1 Å². The summed E-state index contributed by atoms with van der Waals surface area (Å²) in [4.78, 5) is 4.13. The summed E-state index contributed by atoms with van der Waals surface area (Å²) >= 11 is 0. The van der Waals surface area contributed by atoms with Gasteiger partial charge in [-0.2, -0.15) is 0 Å². The fourth-order valence-corrected chi connectivity index (χ4v) is 2.01. The maximum Gasteiger partial charge on any atom is 0.0667 e. The molecule has 0 radical (unpaired) electrons. The zero-order valence-corrected chi connectivity index (χ0v) is 12.1. The topological polar surface area (TPSA) is 24.4 Å². The maximum atomic E-state index is 4.13. The van der Waals surface area contributed by atoms with E-state index in [1.54, 1.807) is 7.05 Å². The van der Waals surface area contributed by atoms with Gasteiger partial charge in [0, 0.05) is 24.9 Å². The van der Waals surface area contributed by atoms with Gasteiger partial charge in [0.15, 0.2) is 0 Å². The van der Waals surface area contributed by atoms with E-state index in [0.717, 1.165) is 16.8 Å². The Labute approximate surface area is 106 Å². The molecule has 1 unspecified atom stereocenters. The lowest BCUT2D eigenvalue weighted by molar-refractivity contribution is 0.364. The van der Waals surface area contributed by atoms with Crippen molar-refractivity contribution in [2.24, 2.45) is 10.9 Å². The first-order valence-electron chi connectivity index (χ1n) is 5.97. The SMILES string of the molecule is C=C(C)N[C@](C)(/C(C=NC)=C/C)C(C)C(=C)C. The first-order valence-corrected chi connectivity index (χ1v) is 5.97. The molecular formula is C15H26N2. The second-order valence-corrected chi connectivity index (χ2v) is 4.81. The quantitative estimate of drug-likeness (QED) is 0.549. The van der Waals surface area contributed by atoms with Gasteiger partial charge in [-0.1, -0.05) is 31.7 Å². The molecule has 1 N–H and O–H groups in total. The van der Waals surface area contributed by atoms with Gasteiger partial charge in [0.2, 0.25) is 0 Å². The van der Waals surface area contributed by atoms with Crippen LogP contribution in [0.25, 0.3) is 0 Å². The third kappa shape index (κ3) is 3.88. The van der Waals surface area contributed by atoms with Gasteiger partial charge in [0.1, 0.15) is 0 Å². The van der Waals surface area contributed by atoms with Gasteiger partial charge in [-0.3, -0.25) is 4.99 Å². The molecule has 0 aromatic rings. The summed E-state index contributed by atoms with van der Waals surface area (Å²) in [7, 11) is 1.79. The Hall–Kier alpha value is -1.31. The number of hydrogen-bond donors (Lipinski definition) is 1. The highest BCUT2D eigenvalue weighted by molar-refractivity contribution is 5.81. The normalized spacial score (nSPS) is 17.6. The molecule has 0 bridgehead atoms. The molecule has 2 heteroatoms. The van der Waals surface area contributed by atoms with E-state index in [-0.39, 0.29) is 5.54 Å². The summed E-state index contributed by atoms with van der Waals surface area (Å²) in [5.74, 6) is 0.295. The molecule has 0 saturated heterocycles. The van der Waals surface area contributed by atoms with Gasteiger partial charge in [0.25, 0.3) is 0 Å². The van der Waals surface area contributed by atoms with Crippen LogP contribution < -0.4 is 5.32 Å².